The molecule has 0 aliphatic carbocycles. The molecule has 0 spiro atoms. The van der Waals surface area contributed by atoms with E-state index in [9.17, 15) is 0 Å². The summed E-state index contributed by atoms with van der Waals surface area (Å²) < 4.78 is 0. The van der Waals surface area contributed by atoms with E-state index in [2.05, 4.69) is 90.6 Å². The lowest BCUT2D eigenvalue weighted by Crippen LogP contribution is -2.05. The molecule has 43 heavy (non-hydrogen) atoms. The Morgan fingerprint density at radius 1 is 0.512 bits per heavy atom. The van der Waals surface area contributed by atoms with E-state index in [4.69, 9.17) is 9.97 Å². The van der Waals surface area contributed by atoms with Crippen molar-refractivity contribution in [3.05, 3.63) is 70.8 Å². The summed E-state index contributed by atoms with van der Waals surface area (Å²) in [5.41, 5.74) is 9.74. The Labute approximate surface area is 259 Å². The molecular formula is C39H52N4. The lowest BCUT2D eigenvalue weighted by molar-refractivity contribution is 0.401. The largest absolute Gasteiger partial charge is 0.355 e. The second kappa shape index (κ2) is 16.4. The average Bonchev–Trinajstić information content (AvgIpc) is 3.80. The van der Waals surface area contributed by atoms with E-state index in [0.29, 0.717) is 0 Å². The monoisotopic (exact) mass is 576 g/mol. The zero-order chi connectivity index (χ0) is 29.7. The fraction of sp³-hybridized carbons (Fsp3) is 0.487. The molecule has 4 heteroatoms. The smallest absolute Gasteiger partial charge is 0.0659 e. The van der Waals surface area contributed by atoms with Crippen molar-refractivity contribution in [3.63, 3.8) is 0 Å². The molecule has 4 nitrogen and oxygen atoms in total. The van der Waals surface area contributed by atoms with Crippen molar-refractivity contribution in [3.8, 4) is 0 Å². The highest BCUT2D eigenvalue weighted by molar-refractivity contribution is 5.78. The van der Waals surface area contributed by atoms with E-state index in [0.717, 1.165) is 51.7 Å². The zero-order valence-electron chi connectivity index (χ0n) is 26.6. The van der Waals surface area contributed by atoms with Crippen LogP contribution in [0.1, 0.15) is 138 Å². The summed E-state index contributed by atoms with van der Waals surface area (Å²) in [6.45, 7) is 4.61. The van der Waals surface area contributed by atoms with Crippen molar-refractivity contribution >= 4 is 46.4 Å². The van der Waals surface area contributed by atoms with E-state index >= 15 is 0 Å². The molecule has 0 saturated carbocycles. The summed E-state index contributed by atoms with van der Waals surface area (Å²) >= 11 is 0. The van der Waals surface area contributed by atoms with Gasteiger partial charge in [0.2, 0.25) is 0 Å². The second-order valence-corrected chi connectivity index (χ2v) is 12.7. The Morgan fingerprint density at radius 3 is 1.63 bits per heavy atom. The minimum atomic E-state index is 0.729. The van der Waals surface area contributed by atoms with E-state index in [-0.39, 0.29) is 0 Å². The van der Waals surface area contributed by atoms with Crippen LogP contribution >= 0.6 is 0 Å². The van der Waals surface area contributed by atoms with Gasteiger partial charge in [-0.25, -0.2) is 9.97 Å². The summed E-state index contributed by atoms with van der Waals surface area (Å²) in [6, 6.07) is 15.3. The predicted octanol–water partition coefficient (Wildman–Crippen LogP) is 11.7. The first-order chi connectivity index (χ1) is 21.2. The Hall–Kier alpha value is -3.40. The molecule has 0 saturated heterocycles. The van der Waals surface area contributed by atoms with Gasteiger partial charge < -0.3 is 9.97 Å². The molecule has 5 heterocycles. The highest BCUT2D eigenvalue weighted by Crippen LogP contribution is 2.27. The number of hydrogen-bond donors (Lipinski definition) is 2. The fourth-order valence-corrected chi connectivity index (χ4v) is 6.51. The van der Waals surface area contributed by atoms with Gasteiger partial charge >= 0.3 is 0 Å². The van der Waals surface area contributed by atoms with Crippen molar-refractivity contribution in [1.29, 1.82) is 0 Å². The van der Waals surface area contributed by atoms with Crippen LogP contribution < -0.4 is 0 Å². The lowest BCUT2D eigenvalue weighted by atomic mass is 9.89. The van der Waals surface area contributed by atoms with Gasteiger partial charge in [0, 0.05) is 22.1 Å². The molecule has 5 rings (SSSR count). The van der Waals surface area contributed by atoms with Crippen LogP contribution in [-0.2, 0) is 6.42 Å². The van der Waals surface area contributed by atoms with Crippen LogP contribution in [0.3, 0.4) is 0 Å². The third kappa shape index (κ3) is 9.81. The van der Waals surface area contributed by atoms with Gasteiger partial charge in [-0.3, -0.25) is 0 Å². The van der Waals surface area contributed by atoms with Gasteiger partial charge in [-0.05, 0) is 84.7 Å². The number of H-pyrrole nitrogens is 2. The molecule has 0 aromatic carbocycles. The highest BCUT2D eigenvalue weighted by atomic mass is 14.8. The number of aromatic amines is 2. The molecule has 0 radical (unpaired) electrons. The maximum absolute atomic E-state index is 4.92. The predicted molar refractivity (Wildman–Crippen MR) is 187 cm³/mol. The van der Waals surface area contributed by atoms with Crippen molar-refractivity contribution < 1.29 is 0 Å². The Morgan fingerprint density at radius 2 is 1.02 bits per heavy atom. The normalized spacial score (nSPS) is 13.2. The Balaban J connectivity index is 1.40. The lowest BCUT2D eigenvalue weighted by Gasteiger charge is -2.17. The van der Waals surface area contributed by atoms with E-state index in [1.54, 1.807) is 0 Å². The summed E-state index contributed by atoms with van der Waals surface area (Å²) in [7, 11) is 0. The van der Waals surface area contributed by atoms with Crippen LogP contribution in [0, 0.1) is 5.92 Å². The molecule has 2 aliphatic rings. The van der Waals surface area contributed by atoms with Crippen molar-refractivity contribution in [2.45, 2.75) is 117 Å². The molecule has 0 amide bonds. The third-order valence-electron chi connectivity index (χ3n) is 8.94. The minimum Gasteiger partial charge on any atom is -0.355 e. The number of hydrogen-bond acceptors (Lipinski definition) is 2. The molecular weight excluding hydrogens is 524 g/mol. The highest BCUT2D eigenvalue weighted by Gasteiger charge is 2.13. The van der Waals surface area contributed by atoms with Gasteiger partial charge in [-0.1, -0.05) is 110 Å². The van der Waals surface area contributed by atoms with Gasteiger partial charge in [-0.2, -0.15) is 0 Å². The van der Waals surface area contributed by atoms with Crippen LogP contribution in [0.5, 0.6) is 0 Å². The average molecular weight is 577 g/mol. The number of rotatable bonds is 17. The first kappa shape index (κ1) is 31.0. The standard InChI is InChI=1S/C39H52N4/c1-3-5-7-9-11-13-15-17-30(16-14-12-10-8-6-4-2)24-31-25-38-28-36-21-20-34(41-36)26-32-18-19-33(40-32)27-35-22-23-37(42-35)29-39(31)43-38/h18-23,25-30,41,43H,3-17,24H2,1-2H3. The van der Waals surface area contributed by atoms with Gasteiger partial charge in [-0.15, -0.1) is 0 Å². The summed E-state index contributed by atoms with van der Waals surface area (Å²) in [5, 5.41) is 0. The molecule has 1 unspecified atom stereocenters. The van der Waals surface area contributed by atoms with Gasteiger partial charge in [0.15, 0.2) is 0 Å². The summed E-state index contributed by atoms with van der Waals surface area (Å²) in [5.74, 6) is 0.729. The molecule has 3 aromatic rings. The first-order valence-corrected chi connectivity index (χ1v) is 17.3. The van der Waals surface area contributed by atoms with Gasteiger partial charge in [0.1, 0.15) is 0 Å². The van der Waals surface area contributed by atoms with Gasteiger partial charge in [0.05, 0.1) is 22.8 Å². The topological polar surface area (TPSA) is 57.4 Å². The molecule has 3 aromatic heterocycles. The van der Waals surface area contributed by atoms with Crippen LogP contribution in [0.2, 0.25) is 0 Å². The van der Waals surface area contributed by atoms with E-state index < -0.39 is 0 Å². The Kier molecular flexibility index (Phi) is 11.9. The molecule has 228 valence electrons. The SMILES string of the molecule is CCCCCCCCCC(CCCCCCCC)Cc1cc2cc3ccc(cc4nc(cc5nc(cc1[nH]2)C=C5)C=C4)[nH]3. The zero-order valence-corrected chi connectivity index (χ0v) is 26.6. The Bertz CT molecular complexity index is 1520. The second-order valence-electron chi connectivity index (χ2n) is 12.7. The van der Waals surface area contributed by atoms with Crippen molar-refractivity contribution in [2.75, 3.05) is 0 Å². The summed E-state index contributed by atoms with van der Waals surface area (Å²) in [6.07, 6.45) is 30.0. The quantitative estimate of drug-likeness (QED) is 0.108. The number of nitrogens with zero attached hydrogens (tertiary/aromatic N) is 2. The fourth-order valence-electron chi connectivity index (χ4n) is 6.51. The van der Waals surface area contributed by atoms with Crippen LogP contribution in [-0.4, -0.2) is 19.9 Å². The maximum Gasteiger partial charge on any atom is 0.0659 e. The third-order valence-corrected chi connectivity index (χ3v) is 8.94. The minimum absolute atomic E-state index is 0.729. The number of nitrogens with one attached hydrogen (secondary N) is 2. The molecule has 2 N–H and O–H groups in total. The molecule has 2 aliphatic heterocycles. The van der Waals surface area contributed by atoms with E-state index in [1.807, 2.05) is 0 Å². The number of aromatic nitrogens is 4. The van der Waals surface area contributed by atoms with Crippen molar-refractivity contribution in [1.82, 2.24) is 19.9 Å². The van der Waals surface area contributed by atoms with E-state index in [1.165, 1.54) is 107 Å². The van der Waals surface area contributed by atoms with Crippen LogP contribution in [0.4, 0.5) is 0 Å². The first-order valence-electron chi connectivity index (χ1n) is 17.3. The number of unbranched alkanes of at least 4 members (excludes halogenated alkanes) is 11. The van der Waals surface area contributed by atoms with Crippen LogP contribution in [0.15, 0.2) is 42.5 Å². The molecule has 8 bridgehead atoms. The molecule has 0 fully saturated rings. The summed E-state index contributed by atoms with van der Waals surface area (Å²) in [4.78, 5) is 17.0. The maximum atomic E-state index is 4.92. The van der Waals surface area contributed by atoms with Crippen molar-refractivity contribution in [2.24, 2.45) is 5.92 Å². The number of fused-ring (bicyclic) bond motifs is 8. The van der Waals surface area contributed by atoms with Gasteiger partial charge in [0.25, 0.3) is 0 Å². The van der Waals surface area contributed by atoms with Crippen LogP contribution in [0.25, 0.3) is 46.4 Å². The molecule has 1 atom stereocenters.